The molecule has 0 fully saturated rings. The van der Waals surface area contributed by atoms with Crippen molar-refractivity contribution < 1.29 is 9.21 Å². The molecule has 3 rings (SSSR count). The summed E-state index contributed by atoms with van der Waals surface area (Å²) in [5.74, 6) is 0.265. The van der Waals surface area contributed by atoms with Crippen LogP contribution in [0.2, 0.25) is 0 Å². The molecule has 0 spiro atoms. The number of aromatic nitrogens is 1. The number of Topliss-reactive ketones (excluding diaryl/α,β-unsaturated/α-hetero) is 1. The second-order valence-corrected chi connectivity index (χ2v) is 6.06. The fraction of sp³-hybridized carbons (Fsp3) is 0.263. The highest BCUT2D eigenvalue weighted by Crippen LogP contribution is 2.25. The molecule has 1 heterocycles. The van der Waals surface area contributed by atoms with E-state index < -0.39 is 0 Å². The first-order valence-electron chi connectivity index (χ1n) is 7.78. The number of ketones is 1. The standard InChI is InChI=1S/C19H20N2O2/c1-12(2)17(22)10-14-8-9-16-18(11-14)23-19(21-16)20-15-7-5-4-6-13(15)3/h4-9,11-12H,10H2,1-3H3,(H,20,21). The van der Waals surface area contributed by atoms with Crippen LogP contribution in [0.5, 0.6) is 0 Å². The monoisotopic (exact) mass is 308 g/mol. The number of carbonyl (C=O) groups excluding carboxylic acids is 1. The average molecular weight is 308 g/mol. The molecule has 23 heavy (non-hydrogen) atoms. The van der Waals surface area contributed by atoms with E-state index in [0.29, 0.717) is 18.0 Å². The lowest BCUT2D eigenvalue weighted by molar-refractivity contribution is -0.121. The van der Waals surface area contributed by atoms with Gasteiger partial charge in [-0.15, -0.1) is 0 Å². The van der Waals surface area contributed by atoms with Gasteiger partial charge in [0.2, 0.25) is 0 Å². The third-order valence-electron chi connectivity index (χ3n) is 3.86. The van der Waals surface area contributed by atoms with Crippen LogP contribution in [0.1, 0.15) is 25.0 Å². The van der Waals surface area contributed by atoms with Gasteiger partial charge >= 0.3 is 0 Å². The molecule has 0 aliphatic rings. The number of anilines is 2. The van der Waals surface area contributed by atoms with Crippen molar-refractivity contribution in [1.82, 2.24) is 4.98 Å². The molecule has 118 valence electrons. The van der Waals surface area contributed by atoms with Gasteiger partial charge in [-0.05, 0) is 36.2 Å². The molecule has 3 aromatic rings. The van der Waals surface area contributed by atoms with Crippen LogP contribution in [0.25, 0.3) is 11.1 Å². The Balaban J connectivity index is 1.85. The Kier molecular flexibility index (Phi) is 4.15. The largest absolute Gasteiger partial charge is 0.423 e. The van der Waals surface area contributed by atoms with Crippen molar-refractivity contribution in [3.8, 4) is 0 Å². The summed E-state index contributed by atoms with van der Waals surface area (Å²) in [7, 11) is 0. The summed E-state index contributed by atoms with van der Waals surface area (Å²) in [5, 5.41) is 3.20. The summed E-state index contributed by atoms with van der Waals surface area (Å²) < 4.78 is 5.78. The SMILES string of the molecule is Cc1ccccc1Nc1nc2ccc(CC(=O)C(C)C)cc2o1. The average Bonchev–Trinajstić information content (AvgIpc) is 2.91. The molecule has 0 unspecified atom stereocenters. The lowest BCUT2D eigenvalue weighted by atomic mass is 10.0. The first kappa shape index (κ1) is 15.3. The molecule has 1 aromatic heterocycles. The summed E-state index contributed by atoms with van der Waals surface area (Å²) >= 11 is 0. The Hall–Kier alpha value is -2.62. The van der Waals surface area contributed by atoms with Crippen molar-refractivity contribution in [2.75, 3.05) is 5.32 Å². The minimum Gasteiger partial charge on any atom is -0.423 e. The van der Waals surface area contributed by atoms with E-state index in [9.17, 15) is 4.79 Å². The van der Waals surface area contributed by atoms with E-state index in [4.69, 9.17) is 4.42 Å². The Morgan fingerprint density at radius 2 is 2.00 bits per heavy atom. The number of nitrogens with one attached hydrogen (secondary N) is 1. The van der Waals surface area contributed by atoms with Crippen LogP contribution >= 0.6 is 0 Å². The van der Waals surface area contributed by atoms with Gasteiger partial charge in [-0.25, -0.2) is 0 Å². The molecule has 1 N–H and O–H groups in total. The number of hydrogen-bond acceptors (Lipinski definition) is 4. The van der Waals surface area contributed by atoms with Crippen LogP contribution < -0.4 is 5.32 Å². The normalized spacial score (nSPS) is 11.1. The van der Waals surface area contributed by atoms with E-state index >= 15 is 0 Å². The molecule has 0 aliphatic carbocycles. The van der Waals surface area contributed by atoms with Gasteiger partial charge in [0.25, 0.3) is 6.01 Å². The number of fused-ring (bicyclic) bond motifs is 1. The molecule has 0 saturated carbocycles. The predicted octanol–water partition coefficient (Wildman–Crippen LogP) is 4.65. The van der Waals surface area contributed by atoms with Gasteiger partial charge < -0.3 is 9.73 Å². The van der Waals surface area contributed by atoms with E-state index in [2.05, 4.69) is 10.3 Å². The molecule has 4 nitrogen and oxygen atoms in total. The number of rotatable bonds is 5. The van der Waals surface area contributed by atoms with E-state index in [-0.39, 0.29) is 11.7 Å². The maximum Gasteiger partial charge on any atom is 0.300 e. The fourth-order valence-corrected chi connectivity index (χ4v) is 2.37. The van der Waals surface area contributed by atoms with Crippen molar-refractivity contribution in [1.29, 1.82) is 0 Å². The van der Waals surface area contributed by atoms with Crippen LogP contribution in [0.3, 0.4) is 0 Å². The van der Waals surface area contributed by atoms with Crippen molar-refractivity contribution >= 4 is 28.6 Å². The zero-order valence-corrected chi connectivity index (χ0v) is 13.6. The van der Waals surface area contributed by atoms with Gasteiger partial charge in [0.15, 0.2) is 5.58 Å². The number of nitrogens with zero attached hydrogens (tertiary/aromatic N) is 1. The maximum atomic E-state index is 11.9. The first-order valence-corrected chi connectivity index (χ1v) is 7.78. The number of para-hydroxylation sites is 1. The third kappa shape index (κ3) is 3.42. The molecular weight excluding hydrogens is 288 g/mol. The summed E-state index contributed by atoms with van der Waals surface area (Å²) in [5.41, 5.74) is 4.51. The van der Waals surface area contributed by atoms with Gasteiger partial charge in [0.1, 0.15) is 11.3 Å². The molecule has 0 aliphatic heterocycles. The molecule has 2 aromatic carbocycles. The van der Waals surface area contributed by atoms with Crippen molar-refractivity contribution in [3.63, 3.8) is 0 Å². The lowest BCUT2D eigenvalue weighted by Gasteiger charge is -2.04. The Morgan fingerprint density at radius 3 is 2.74 bits per heavy atom. The predicted molar refractivity (Wildman–Crippen MR) is 92.0 cm³/mol. The van der Waals surface area contributed by atoms with Crippen LogP contribution in [0.4, 0.5) is 11.7 Å². The second kappa shape index (κ2) is 6.24. The van der Waals surface area contributed by atoms with Crippen molar-refractivity contribution in [2.45, 2.75) is 27.2 Å². The van der Waals surface area contributed by atoms with Gasteiger partial charge in [0.05, 0.1) is 0 Å². The summed E-state index contributed by atoms with van der Waals surface area (Å²) in [6.07, 6.45) is 0.425. The van der Waals surface area contributed by atoms with Gasteiger partial charge in [0, 0.05) is 18.0 Å². The van der Waals surface area contributed by atoms with E-state index in [1.165, 1.54) is 0 Å². The molecule has 0 amide bonds. The summed E-state index contributed by atoms with van der Waals surface area (Å²) in [6, 6.07) is 14.1. The quantitative estimate of drug-likeness (QED) is 0.745. The summed E-state index contributed by atoms with van der Waals surface area (Å²) in [4.78, 5) is 16.3. The Labute approximate surface area is 135 Å². The van der Waals surface area contributed by atoms with Gasteiger partial charge in [-0.2, -0.15) is 4.98 Å². The van der Waals surface area contributed by atoms with E-state index in [1.807, 2.05) is 63.2 Å². The van der Waals surface area contributed by atoms with E-state index in [1.54, 1.807) is 0 Å². The van der Waals surface area contributed by atoms with Crippen LogP contribution in [0.15, 0.2) is 46.9 Å². The minimum absolute atomic E-state index is 0.0405. The molecule has 4 heteroatoms. The Morgan fingerprint density at radius 1 is 1.22 bits per heavy atom. The van der Waals surface area contributed by atoms with E-state index in [0.717, 1.165) is 22.3 Å². The van der Waals surface area contributed by atoms with Gasteiger partial charge in [-0.3, -0.25) is 4.79 Å². The van der Waals surface area contributed by atoms with Gasteiger partial charge in [-0.1, -0.05) is 38.1 Å². The van der Waals surface area contributed by atoms with Crippen molar-refractivity contribution in [3.05, 3.63) is 53.6 Å². The van der Waals surface area contributed by atoms with Crippen LogP contribution in [-0.2, 0) is 11.2 Å². The second-order valence-electron chi connectivity index (χ2n) is 6.06. The topological polar surface area (TPSA) is 55.1 Å². The zero-order chi connectivity index (χ0) is 16.4. The summed E-state index contributed by atoms with van der Waals surface area (Å²) in [6.45, 7) is 5.86. The molecular formula is C19H20N2O2. The number of benzene rings is 2. The lowest BCUT2D eigenvalue weighted by Crippen LogP contribution is -2.09. The molecule has 0 atom stereocenters. The number of aryl methyl sites for hydroxylation is 1. The number of hydrogen-bond donors (Lipinski definition) is 1. The minimum atomic E-state index is 0.0405. The highest BCUT2D eigenvalue weighted by atomic mass is 16.4. The number of oxazole rings is 1. The fourth-order valence-electron chi connectivity index (χ4n) is 2.37. The first-order chi connectivity index (χ1) is 11.0. The highest BCUT2D eigenvalue weighted by Gasteiger charge is 2.11. The Bertz CT molecular complexity index is 849. The van der Waals surface area contributed by atoms with Crippen molar-refractivity contribution in [2.24, 2.45) is 5.92 Å². The number of carbonyl (C=O) groups is 1. The highest BCUT2D eigenvalue weighted by molar-refractivity contribution is 5.84. The van der Waals surface area contributed by atoms with Crippen LogP contribution in [-0.4, -0.2) is 10.8 Å². The molecule has 0 saturated heterocycles. The zero-order valence-electron chi connectivity index (χ0n) is 13.6. The third-order valence-corrected chi connectivity index (χ3v) is 3.86. The smallest absolute Gasteiger partial charge is 0.300 e. The van der Waals surface area contributed by atoms with Crippen LogP contribution in [0, 0.1) is 12.8 Å². The molecule has 0 radical (unpaired) electrons. The molecule has 0 bridgehead atoms. The maximum absolute atomic E-state index is 11.9.